The zero-order chi connectivity index (χ0) is 60.3. The standard InChI is InChI=1S/C60H70N8O13S2/c1-39-33-47(80-32-18-25-51(69)61-28-30-67(41(3)38-82(74,75)76)58(73)81-59(5,6)7)34-40(2)54(39)83(77,78)66-50(56(72)79-8)37-63-55(71)52-42(4)53(70)48-27-26-43(35-49(48)65-52)36-64-57-62-29-31-68(57)60(44-19-12-9-13-20-44,45-21-14-10-15-22-45)46-23-16-11-17-24-46/h9-17,19-24,26-27,29,31,33-35,41-42,50,66H,18,25,28,30,32,36-38H2,1-8H3,(H,61,69)(H,62,64)(H,63,71)(H,74,75,76)/t41-,42?,50+/m1/s1. The number of hydrogen-bond donors (Lipinski definition) is 5. The molecule has 3 amide bonds. The summed E-state index contributed by atoms with van der Waals surface area (Å²) in [6, 6.07) is 36.1. The second-order valence-electron chi connectivity index (χ2n) is 21.1. The molecule has 1 aliphatic heterocycles. The molecule has 0 fully saturated rings. The second-order valence-corrected chi connectivity index (χ2v) is 24.2. The lowest BCUT2D eigenvalue weighted by Gasteiger charge is -2.38. The number of nitrogens with zero attached hydrogens (tertiary/aromatic N) is 4. The number of carbonyl (C=O) groups is 5. The number of aliphatic imine (C=N–C) groups is 1. The molecule has 0 saturated carbocycles. The van der Waals surface area contributed by atoms with Gasteiger partial charge in [-0.1, -0.05) is 97.1 Å². The van der Waals surface area contributed by atoms with E-state index >= 15 is 0 Å². The van der Waals surface area contributed by atoms with E-state index in [4.69, 9.17) is 19.2 Å². The number of ketones is 1. The molecule has 440 valence electrons. The number of sulfonamides is 1. The van der Waals surface area contributed by atoms with Crippen LogP contribution in [0.5, 0.6) is 5.75 Å². The molecule has 0 spiro atoms. The highest BCUT2D eigenvalue weighted by molar-refractivity contribution is 7.89. The van der Waals surface area contributed by atoms with Crippen molar-refractivity contribution in [2.24, 2.45) is 10.9 Å². The van der Waals surface area contributed by atoms with Crippen molar-refractivity contribution in [2.45, 2.75) is 96.0 Å². The molecule has 0 radical (unpaired) electrons. The lowest BCUT2D eigenvalue weighted by Crippen LogP contribution is -2.51. The number of carbonyl (C=O) groups excluding carboxylic acids is 5. The van der Waals surface area contributed by atoms with Crippen molar-refractivity contribution in [1.82, 2.24) is 29.8 Å². The molecule has 5 aromatic carbocycles. The van der Waals surface area contributed by atoms with E-state index in [-0.39, 0.29) is 78.2 Å². The van der Waals surface area contributed by atoms with Crippen LogP contribution in [0.4, 0.5) is 16.4 Å². The number of imidazole rings is 1. The molecule has 2 heterocycles. The van der Waals surface area contributed by atoms with Gasteiger partial charge in [0.05, 0.1) is 36.0 Å². The van der Waals surface area contributed by atoms with Crippen molar-refractivity contribution in [3.05, 3.63) is 173 Å². The molecular formula is C60H70N8O13S2. The number of hydrogen-bond acceptors (Lipinski definition) is 15. The zero-order valence-corrected chi connectivity index (χ0v) is 49.2. The van der Waals surface area contributed by atoms with E-state index in [9.17, 15) is 45.4 Å². The summed E-state index contributed by atoms with van der Waals surface area (Å²) in [6.07, 6.45) is 3.11. The van der Waals surface area contributed by atoms with Crippen LogP contribution in [0.2, 0.25) is 0 Å². The first kappa shape index (κ1) is 62.4. The number of esters is 1. The third kappa shape index (κ3) is 15.5. The first-order valence-electron chi connectivity index (χ1n) is 26.9. The minimum Gasteiger partial charge on any atom is -0.494 e. The smallest absolute Gasteiger partial charge is 0.410 e. The highest BCUT2D eigenvalue weighted by Crippen LogP contribution is 2.42. The molecule has 0 aliphatic carbocycles. The maximum Gasteiger partial charge on any atom is 0.410 e. The fourth-order valence-corrected chi connectivity index (χ4v) is 12.4. The van der Waals surface area contributed by atoms with E-state index in [0.29, 0.717) is 17.3 Å². The maximum atomic E-state index is 14.0. The Hall–Kier alpha value is -8.25. The van der Waals surface area contributed by atoms with E-state index in [1.54, 1.807) is 46.0 Å². The predicted molar refractivity (Wildman–Crippen MR) is 313 cm³/mol. The molecule has 21 nitrogen and oxygen atoms in total. The number of benzene rings is 5. The van der Waals surface area contributed by atoms with Crippen LogP contribution in [0, 0.1) is 19.8 Å². The van der Waals surface area contributed by atoms with Crippen molar-refractivity contribution < 1.29 is 59.6 Å². The minimum atomic E-state index is -4.47. The van der Waals surface area contributed by atoms with Crippen molar-refractivity contribution in [2.75, 3.05) is 44.4 Å². The molecular weight excluding hydrogens is 1100 g/mol. The highest BCUT2D eigenvalue weighted by Gasteiger charge is 2.40. The number of nitrogens with one attached hydrogen (secondary N) is 4. The number of amides is 3. The van der Waals surface area contributed by atoms with Gasteiger partial charge in [-0.25, -0.2) is 23.2 Å². The highest BCUT2D eigenvalue weighted by atomic mass is 32.2. The topological polar surface area (TPSA) is 283 Å². The quantitative estimate of drug-likeness (QED) is 0.0163. The van der Waals surface area contributed by atoms with Crippen molar-refractivity contribution in [3.63, 3.8) is 0 Å². The Bertz CT molecular complexity index is 3450. The summed E-state index contributed by atoms with van der Waals surface area (Å²) in [5, 5.41) is 8.76. The Balaban J connectivity index is 0.977. The van der Waals surface area contributed by atoms with Crippen LogP contribution in [0.15, 0.2) is 144 Å². The number of Topliss-reactive ketones (excluding diaryl/α,β-unsaturated/α-hetero) is 1. The van der Waals surface area contributed by atoms with E-state index in [1.165, 1.54) is 32.9 Å². The maximum absolute atomic E-state index is 14.0. The normalized spacial score (nSPS) is 14.3. The van der Waals surface area contributed by atoms with Crippen molar-refractivity contribution >= 4 is 67.1 Å². The lowest BCUT2D eigenvalue weighted by molar-refractivity contribution is -0.142. The van der Waals surface area contributed by atoms with Gasteiger partial charge in [-0.15, -0.1) is 0 Å². The van der Waals surface area contributed by atoms with E-state index < -0.39 is 79.6 Å². The number of anilines is 1. The number of aromatic nitrogens is 2. The Kier molecular flexibility index (Phi) is 20.1. The Morgan fingerprint density at radius 3 is 1.98 bits per heavy atom. The van der Waals surface area contributed by atoms with Crippen LogP contribution >= 0.6 is 0 Å². The largest absolute Gasteiger partial charge is 0.494 e. The van der Waals surface area contributed by atoms with Crippen LogP contribution in [-0.2, 0) is 56.1 Å². The molecule has 1 aliphatic rings. The van der Waals surface area contributed by atoms with Gasteiger partial charge in [0.2, 0.25) is 21.9 Å². The monoisotopic (exact) mass is 1170 g/mol. The fraction of sp³-hybridized carbons (Fsp3) is 0.350. The lowest BCUT2D eigenvalue weighted by atomic mass is 9.76. The van der Waals surface area contributed by atoms with Crippen LogP contribution in [-0.4, -0.2) is 128 Å². The van der Waals surface area contributed by atoms with Crippen LogP contribution in [0.3, 0.4) is 0 Å². The molecule has 1 aromatic heterocycles. The summed E-state index contributed by atoms with van der Waals surface area (Å²) in [7, 11) is -7.81. The molecule has 1 unspecified atom stereocenters. The number of methoxy groups -OCH3 is 1. The van der Waals surface area contributed by atoms with Gasteiger partial charge in [0.15, 0.2) is 5.78 Å². The number of ether oxygens (including phenoxy) is 3. The third-order valence-electron chi connectivity index (χ3n) is 13.7. The molecule has 3 atom stereocenters. The molecule has 7 rings (SSSR count). The zero-order valence-electron chi connectivity index (χ0n) is 47.5. The van der Waals surface area contributed by atoms with Gasteiger partial charge < -0.3 is 35.1 Å². The Labute approximate surface area is 484 Å². The van der Waals surface area contributed by atoms with Gasteiger partial charge in [0.25, 0.3) is 16.0 Å². The Morgan fingerprint density at radius 2 is 1.42 bits per heavy atom. The summed E-state index contributed by atoms with van der Waals surface area (Å²) in [6.45, 7) is 10.6. The van der Waals surface area contributed by atoms with Crippen LogP contribution < -0.4 is 25.4 Å². The molecule has 6 aromatic rings. The summed E-state index contributed by atoms with van der Waals surface area (Å²) in [4.78, 5) is 76.7. The molecule has 0 bridgehead atoms. The first-order chi connectivity index (χ1) is 39.3. The number of aryl methyl sites for hydroxylation is 2. The third-order valence-corrected chi connectivity index (χ3v) is 16.4. The van der Waals surface area contributed by atoms with Gasteiger partial charge in [0, 0.05) is 56.6 Å². The molecule has 0 saturated heterocycles. The average molecular weight is 1180 g/mol. The first-order valence-corrected chi connectivity index (χ1v) is 30.0. The van der Waals surface area contributed by atoms with Crippen LogP contribution in [0.1, 0.15) is 91.2 Å². The molecule has 23 heteroatoms. The summed E-state index contributed by atoms with van der Waals surface area (Å²) < 4.78 is 81.1. The summed E-state index contributed by atoms with van der Waals surface area (Å²) in [5.41, 5.74) is 3.00. The van der Waals surface area contributed by atoms with Gasteiger partial charge in [-0.2, -0.15) is 13.1 Å². The SMILES string of the molecule is COC(=O)[C@H](CNC(=O)C1=Nc2cc(CNc3nccn3C(c3ccccc3)(c3ccccc3)c3ccccc3)ccc2C(=O)C1C)NS(=O)(=O)c1c(C)cc(OCCCC(=O)NCCN(C(=O)OC(C)(C)C)[C@H](C)CS(=O)(=O)O)cc1C. The fourth-order valence-electron chi connectivity index (χ4n) is 9.96. The summed E-state index contributed by atoms with van der Waals surface area (Å²) >= 11 is 0. The van der Waals surface area contributed by atoms with Gasteiger partial charge in [0.1, 0.15) is 28.6 Å². The number of rotatable bonds is 25. The van der Waals surface area contributed by atoms with E-state index in [0.717, 1.165) is 34.3 Å². The van der Waals surface area contributed by atoms with Crippen molar-refractivity contribution in [3.8, 4) is 5.75 Å². The van der Waals surface area contributed by atoms with Gasteiger partial charge in [-0.05, 0) is 113 Å². The molecule has 83 heavy (non-hydrogen) atoms. The van der Waals surface area contributed by atoms with Crippen molar-refractivity contribution in [1.29, 1.82) is 0 Å². The minimum absolute atomic E-state index is 0.0124. The van der Waals surface area contributed by atoms with Crippen LogP contribution in [0.25, 0.3) is 0 Å². The molecule has 5 N–H and O–H groups in total. The average Bonchev–Trinajstić information content (AvgIpc) is 2.24. The van der Waals surface area contributed by atoms with E-state index in [2.05, 4.69) is 66.6 Å². The van der Waals surface area contributed by atoms with Gasteiger partial charge >= 0.3 is 12.1 Å². The van der Waals surface area contributed by atoms with E-state index in [1.807, 2.05) is 66.9 Å². The van der Waals surface area contributed by atoms with Gasteiger partial charge in [-0.3, -0.25) is 28.3 Å². The predicted octanol–water partition coefficient (Wildman–Crippen LogP) is 7.28. The number of fused-ring (bicyclic) bond motifs is 1. The Morgan fingerprint density at radius 1 is 0.831 bits per heavy atom. The second kappa shape index (κ2) is 26.8. The summed E-state index contributed by atoms with van der Waals surface area (Å²) in [5.74, 6) is -3.37.